The van der Waals surface area contributed by atoms with E-state index in [1.165, 1.54) is 36.1 Å². The second-order valence-electron chi connectivity index (χ2n) is 6.52. The molecular formula is C18H29NS. The highest BCUT2D eigenvalue weighted by Crippen LogP contribution is 2.31. The molecule has 1 aliphatic rings. The van der Waals surface area contributed by atoms with Crippen LogP contribution in [0.4, 0.5) is 0 Å². The molecule has 1 unspecified atom stereocenters. The lowest BCUT2D eigenvalue weighted by Gasteiger charge is -2.33. The molecule has 0 aromatic heterocycles. The number of thioether (sulfide) groups is 1. The largest absolute Gasteiger partial charge is 0.307 e. The third-order valence-electron chi connectivity index (χ3n) is 4.82. The van der Waals surface area contributed by atoms with Crippen LogP contribution in [0, 0.1) is 11.8 Å². The quantitative estimate of drug-likeness (QED) is 0.741. The van der Waals surface area contributed by atoms with Crippen molar-refractivity contribution in [2.45, 2.75) is 63.4 Å². The topological polar surface area (TPSA) is 12.0 Å². The molecule has 20 heavy (non-hydrogen) atoms. The first-order valence-electron chi connectivity index (χ1n) is 8.00. The predicted octanol–water partition coefficient (Wildman–Crippen LogP) is 5.27. The van der Waals surface area contributed by atoms with E-state index in [4.69, 9.17) is 0 Å². The molecule has 1 fully saturated rings. The van der Waals surface area contributed by atoms with Gasteiger partial charge in [-0.1, -0.05) is 26.0 Å². The first kappa shape index (κ1) is 15.9. The Morgan fingerprint density at radius 3 is 2.10 bits per heavy atom. The Kier molecular flexibility index (Phi) is 5.98. The minimum absolute atomic E-state index is 0.464. The van der Waals surface area contributed by atoms with Crippen molar-refractivity contribution in [2.75, 3.05) is 6.26 Å². The van der Waals surface area contributed by atoms with E-state index in [0.717, 1.165) is 11.8 Å². The Hall–Kier alpha value is -0.470. The van der Waals surface area contributed by atoms with Crippen LogP contribution in [0.25, 0.3) is 0 Å². The number of benzene rings is 1. The molecule has 2 heteroatoms. The van der Waals surface area contributed by atoms with Crippen LogP contribution in [0.1, 0.15) is 58.1 Å². The van der Waals surface area contributed by atoms with E-state index in [0.29, 0.717) is 12.1 Å². The fourth-order valence-corrected chi connectivity index (χ4v) is 3.70. The van der Waals surface area contributed by atoms with E-state index in [-0.39, 0.29) is 0 Å². The first-order valence-corrected chi connectivity index (χ1v) is 9.22. The van der Waals surface area contributed by atoms with Gasteiger partial charge in [0.15, 0.2) is 0 Å². The van der Waals surface area contributed by atoms with E-state index in [9.17, 15) is 0 Å². The SMILES string of the molecule is CSc1ccc(C(C)NC2CCC(C(C)C)CC2)cc1. The number of nitrogens with one attached hydrogen (secondary N) is 1. The van der Waals surface area contributed by atoms with Gasteiger partial charge in [-0.2, -0.15) is 0 Å². The summed E-state index contributed by atoms with van der Waals surface area (Å²) in [5, 5.41) is 3.83. The average molecular weight is 292 g/mol. The summed E-state index contributed by atoms with van der Waals surface area (Å²) in [6.45, 7) is 7.03. The molecule has 0 saturated heterocycles. The molecule has 1 atom stereocenters. The molecule has 112 valence electrons. The average Bonchev–Trinajstić information content (AvgIpc) is 2.48. The lowest BCUT2D eigenvalue weighted by atomic mass is 9.79. The molecule has 0 aliphatic heterocycles. The van der Waals surface area contributed by atoms with Crippen molar-refractivity contribution in [2.24, 2.45) is 11.8 Å². The van der Waals surface area contributed by atoms with E-state index >= 15 is 0 Å². The summed E-state index contributed by atoms with van der Waals surface area (Å²) in [6.07, 6.45) is 7.61. The van der Waals surface area contributed by atoms with Crippen LogP contribution in [-0.4, -0.2) is 12.3 Å². The van der Waals surface area contributed by atoms with Gasteiger partial charge in [-0.25, -0.2) is 0 Å². The highest BCUT2D eigenvalue weighted by atomic mass is 32.2. The fraction of sp³-hybridized carbons (Fsp3) is 0.667. The first-order chi connectivity index (χ1) is 9.60. The second-order valence-corrected chi connectivity index (χ2v) is 7.40. The van der Waals surface area contributed by atoms with E-state index < -0.39 is 0 Å². The van der Waals surface area contributed by atoms with Crippen LogP contribution < -0.4 is 5.32 Å². The van der Waals surface area contributed by atoms with Crippen LogP contribution in [0.2, 0.25) is 0 Å². The van der Waals surface area contributed by atoms with Crippen molar-refractivity contribution in [3.8, 4) is 0 Å². The monoisotopic (exact) mass is 291 g/mol. The highest BCUT2D eigenvalue weighted by Gasteiger charge is 2.24. The van der Waals surface area contributed by atoms with Crippen LogP contribution in [0.15, 0.2) is 29.2 Å². The molecule has 1 aromatic carbocycles. The van der Waals surface area contributed by atoms with Gasteiger partial charge in [0.1, 0.15) is 0 Å². The molecule has 0 heterocycles. The van der Waals surface area contributed by atoms with Crippen molar-refractivity contribution in [1.29, 1.82) is 0 Å². The van der Waals surface area contributed by atoms with Crippen molar-refractivity contribution in [3.63, 3.8) is 0 Å². The second kappa shape index (κ2) is 7.51. The minimum Gasteiger partial charge on any atom is -0.307 e. The zero-order valence-corrected chi connectivity index (χ0v) is 14.2. The third-order valence-corrected chi connectivity index (χ3v) is 5.56. The van der Waals surface area contributed by atoms with Crippen molar-refractivity contribution in [1.82, 2.24) is 5.32 Å². The maximum Gasteiger partial charge on any atom is 0.0294 e. The summed E-state index contributed by atoms with van der Waals surface area (Å²) in [7, 11) is 0. The lowest BCUT2D eigenvalue weighted by molar-refractivity contribution is 0.231. The molecular weight excluding hydrogens is 262 g/mol. The Balaban J connectivity index is 1.84. The van der Waals surface area contributed by atoms with Gasteiger partial charge in [-0.05, 0) is 68.4 Å². The van der Waals surface area contributed by atoms with Gasteiger partial charge >= 0.3 is 0 Å². The highest BCUT2D eigenvalue weighted by molar-refractivity contribution is 7.98. The Morgan fingerprint density at radius 1 is 1.00 bits per heavy atom. The standard InChI is InChI=1S/C18H29NS/c1-13(2)15-5-9-17(10-6-15)19-14(3)16-7-11-18(20-4)12-8-16/h7-8,11-15,17,19H,5-6,9-10H2,1-4H3. The summed E-state index contributed by atoms with van der Waals surface area (Å²) in [5.41, 5.74) is 1.41. The lowest BCUT2D eigenvalue weighted by Crippen LogP contribution is -2.35. The van der Waals surface area contributed by atoms with Gasteiger partial charge in [0, 0.05) is 17.0 Å². The summed E-state index contributed by atoms with van der Waals surface area (Å²) in [6, 6.07) is 10.2. The van der Waals surface area contributed by atoms with Crippen LogP contribution in [-0.2, 0) is 0 Å². The zero-order chi connectivity index (χ0) is 14.5. The molecule has 2 rings (SSSR count). The smallest absolute Gasteiger partial charge is 0.0294 e. The van der Waals surface area contributed by atoms with E-state index in [2.05, 4.69) is 56.6 Å². The molecule has 0 spiro atoms. The van der Waals surface area contributed by atoms with Gasteiger partial charge in [0.25, 0.3) is 0 Å². The summed E-state index contributed by atoms with van der Waals surface area (Å²) in [5.74, 6) is 1.80. The zero-order valence-electron chi connectivity index (χ0n) is 13.4. The molecule has 1 aliphatic carbocycles. The van der Waals surface area contributed by atoms with Gasteiger partial charge in [-0.3, -0.25) is 0 Å². The Labute approximate surface area is 128 Å². The number of rotatable bonds is 5. The maximum atomic E-state index is 3.83. The van der Waals surface area contributed by atoms with Crippen LogP contribution >= 0.6 is 11.8 Å². The minimum atomic E-state index is 0.464. The summed E-state index contributed by atoms with van der Waals surface area (Å²) < 4.78 is 0. The van der Waals surface area contributed by atoms with Gasteiger partial charge in [-0.15, -0.1) is 11.8 Å². The van der Waals surface area contributed by atoms with E-state index in [1.807, 2.05) is 11.8 Å². The molecule has 1 aromatic rings. The fourth-order valence-electron chi connectivity index (χ4n) is 3.29. The predicted molar refractivity (Wildman–Crippen MR) is 90.4 cm³/mol. The third kappa shape index (κ3) is 4.26. The van der Waals surface area contributed by atoms with Crippen LogP contribution in [0.3, 0.4) is 0 Å². The van der Waals surface area contributed by atoms with Crippen molar-refractivity contribution >= 4 is 11.8 Å². The Morgan fingerprint density at radius 2 is 1.60 bits per heavy atom. The summed E-state index contributed by atoms with van der Waals surface area (Å²) in [4.78, 5) is 1.35. The normalized spacial score (nSPS) is 24.9. The molecule has 1 saturated carbocycles. The van der Waals surface area contributed by atoms with Gasteiger partial charge in [0.2, 0.25) is 0 Å². The Bertz CT molecular complexity index is 390. The molecule has 0 amide bonds. The molecule has 0 bridgehead atoms. The molecule has 1 nitrogen and oxygen atoms in total. The van der Waals surface area contributed by atoms with Crippen molar-refractivity contribution in [3.05, 3.63) is 29.8 Å². The molecule has 1 N–H and O–H groups in total. The van der Waals surface area contributed by atoms with Gasteiger partial charge in [0.05, 0.1) is 0 Å². The maximum absolute atomic E-state index is 3.83. The number of hydrogen-bond donors (Lipinski definition) is 1. The van der Waals surface area contributed by atoms with Crippen molar-refractivity contribution < 1.29 is 0 Å². The van der Waals surface area contributed by atoms with Crippen LogP contribution in [0.5, 0.6) is 0 Å². The van der Waals surface area contributed by atoms with E-state index in [1.54, 1.807) is 0 Å². The summed E-state index contributed by atoms with van der Waals surface area (Å²) >= 11 is 1.81. The van der Waals surface area contributed by atoms with Gasteiger partial charge < -0.3 is 5.32 Å². The molecule has 0 radical (unpaired) electrons. The number of hydrogen-bond acceptors (Lipinski definition) is 2.